The molecule has 1 aliphatic heterocycles. The van der Waals surface area contributed by atoms with E-state index in [9.17, 15) is 0 Å². The van der Waals surface area contributed by atoms with Crippen LogP contribution in [0.1, 0.15) is 17.7 Å². The molecule has 5 nitrogen and oxygen atoms in total. The van der Waals surface area contributed by atoms with Crippen LogP contribution < -0.4 is 5.73 Å². The Labute approximate surface area is 107 Å². The largest absolute Gasteiger partial charge is 0.384 e. The zero-order valence-corrected chi connectivity index (χ0v) is 10.7. The monoisotopic (exact) mass is 248 g/mol. The van der Waals surface area contributed by atoms with Crippen molar-refractivity contribution in [1.82, 2.24) is 9.88 Å². The van der Waals surface area contributed by atoms with Gasteiger partial charge in [-0.05, 0) is 30.5 Å². The molecule has 0 saturated carbocycles. The molecule has 0 spiro atoms. The molecule has 0 aliphatic carbocycles. The van der Waals surface area contributed by atoms with Crippen molar-refractivity contribution in [1.29, 1.82) is 5.41 Å². The zero-order valence-electron chi connectivity index (χ0n) is 10.7. The number of methoxy groups -OCH3 is 1. The lowest BCUT2D eigenvalue weighted by Gasteiger charge is -2.17. The highest BCUT2D eigenvalue weighted by Gasteiger charge is 2.23. The highest BCUT2D eigenvalue weighted by atomic mass is 16.5. The number of nitrogens with two attached hydrogens (primary N) is 1. The molecule has 5 heteroatoms. The summed E-state index contributed by atoms with van der Waals surface area (Å²) in [7, 11) is 1.75. The summed E-state index contributed by atoms with van der Waals surface area (Å²) in [5.74, 6) is 0.658. The quantitative estimate of drug-likeness (QED) is 0.598. The second-order valence-electron chi connectivity index (χ2n) is 4.77. The first-order valence-corrected chi connectivity index (χ1v) is 6.20. The molecule has 1 aliphatic rings. The van der Waals surface area contributed by atoms with Crippen molar-refractivity contribution in [3.63, 3.8) is 0 Å². The Balaban J connectivity index is 2.00. The Morgan fingerprint density at radius 3 is 3.22 bits per heavy atom. The number of rotatable bonds is 5. The predicted octanol–water partition coefficient (Wildman–Crippen LogP) is 0.834. The molecule has 2 heterocycles. The second-order valence-corrected chi connectivity index (χ2v) is 4.77. The van der Waals surface area contributed by atoms with E-state index < -0.39 is 0 Å². The van der Waals surface area contributed by atoms with E-state index in [-0.39, 0.29) is 5.84 Å². The molecule has 3 N–H and O–H groups in total. The van der Waals surface area contributed by atoms with Gasteiger partial charge in [-0.2, -0.15) is 0 Å². The number of ether oxygens (including phenoxy) is 1. The minimum Gasteiger partial charge on any atom is -0.384 e. The fourth-order valence-electron chi connectivity index (χ4n) is 2.48. The van der Waals surface area contributed by atoms with Crippen LogP contribution in [0.3, 0.4) is 0 Å². The van der Waals surface area contributed by atoms with E-state index in [0.29, 0.717) is 11.6 Å². The Bertz CT molecular complexity index is 421. The SMILES string of the molecule is COCC1CCN(Cc2cccnc2C(=N)N)C1. The first-order chi connectivity index (χ1) is 8.70. The number of nitrogens with zero attached hydrogens (tertiary/aromatic N) is 2. The normalized spacial score (nSPS) is 20.2. The minimum absolute atomic E-state index is 0.0400. The van der Waals surface area contributed by atoms with E-state index in [1.54, 1.807) is 13.3 Å². The van der Waals surface area contributed by atoms with Crippen molar-refractivity contribution in [2.24, 2.45) is 11.7 Å². The summed E-state index contributed by atoms with van der Waals surface area (Å²) in [6.45, 7) is 3.74. The van der Waals surface area contributed by atoms with Crippen LogP contribution in [0.15, 0.2) is 18.3 Å². The van der Waals surface area contributed by atoms with Crippen LogP contribution in [0.4, 0.5) is 0 Å². The molecule has 1 aromatic rings. The van der Waals surface area contributed by atoms with E-state index in [1.807, 2.05) is 12.1 Å². The summed E-state index contributed by atoms with van der Waals surface area (Å²) in [5, 5.41) is 7.53. The molecule has 98 valence electrons. The standard InChI is InChI=1S/C13H20N4O/c1-18-9-10-4-6-17(7-10)8-11-3-2-5-16-12(11)13(14)15/h2-3,5,10H,4,6-9H2,1H3,(H3,14,15). The third-order valence-corrected chi connectivity index (χ3v) is 3.31. The van der Waals surface area contributed by atoms with E-state index in [2.05, 4.69) is 9.88 Å². The number of nitrogen functional groups attached to an aromatic ring is 1. The fraction of sp³-hybridized carbons (Fsp3) is 0.538. The van der Waals surface area contributed by atoms with Crippen molar-refractivity contribution in [2.75, 3.05) is 26.8 Å². The number of amidine groups is 1. The van der Waals surface area contributed by atoms with Gasteiger partial charge in [0.1, 0.15) is 11.5 Å². The number of nitrogens with one attached hydrogen (secondary N) is 1. The average Bonchev–Trinajstić information content (AvgIpc) is 2.77. The van der Waals surface area contributed by atoms with Gasteiger partial charge in [0, 0.05) is 26.4 Å². The molecule has 1 fully saturated rings. The van der Waals surface area contributed by atoms with Crippen LogP contribution >= 0.6 is 0 Å². The summed E-state index contributed by atoms with van der Waals surface area (Å²) in [6, 6.07) is 3.89. The van der Waals surface area contributed by atoms with Crippen molar-refractivity contribution in [3.05, 3.63) is 29.6 Å². The summed E-state index contributed by atoms with van der Waals surface area (Å²) in [6.07, 6.45) is 2.85. The van der Waals surface area contributed by atoms with Crippen LogP contribution in [0.2, 0.25) is 0 Å². The van der Waals surface area contributed by atoms with Crippen LogP contribution in [0.25, 0.3) is 0 Å². The maximum Gasteiger partial charge on any atom is 0.142 e. The lowest BCUT2D eigenvalue weighted by molar-refractivity contribution is 0.152. The third-order valence-electron chi connectivity index (χ3n) is 3.31. The van der Waals surface area contributed by atoms with Gasteiger partial charge in [-0.15, -0.1) is 0 Å². The van der Waals surface area contributed by atoms with Crippen molar-refractivity contribution in [2.45, 2.75) is 13.0 Å². The van der Waals surface area contributed by atoms with Crippen LogP contribution in [0, 0.1) is 11.3 Å². The smallest absolute Gasteiger partial charge is 0.142 e. The Hall–Kier alpha value is -1.46. The van der Waals surface area contributed by atoms with Crippen LogP contribution in [-0.4, -0.2) is 42.5 Å². The molecule has 18 heavy (non-hydrogen) atoms. The molecule has 1 atom stereocenters. The molecule has 0 aromatic carbocycles. The Morgan fingerprint density at radius 1 is 1.67 bits per heavy atom. The van der Waals surface area contributed by atoms with Crippen molar-refractivity contribution in [3.8, 4) is 0 Å². The van der Waals surface area contributed by atoms with E-state index in [1.165, 1.54) is 6.42 Å². The minimum atomic E-state index is 0.0400. The van der Waals surface area contributed by atoms with Gasteiger partial charge >= 0.3 is 0 Å². The number of likely N-dealkylation sites (tertiary alicyclic amines) is 1. The summed E-state index contributed by atoms with van der Waals surface area (Å²) < 4.78 is 5.19. The number of aromatic nitrogens is 1. The van der Waals surface area contributed by atoms with Crippen molar-refractivity contribution >= 4 is 5.84 Å². The maximum atomic E-state index is 7.53. The van der Waals surface area contributed by atoms with Gasteiger partial charge in [-0.25, -0.2) is 0 Å². The third kappa shape index (κ3) is 3.05. The lowest BCUT2D eigenvalue weighted by Crippen LogP contribution is -2.24. The predicted molar refractivity (Wildman–Crippen MR) is 70.5 cm³/mol. The van der Waals surface area contributed by atoms with Crippen LogP contribution in [-0.2, 0) is 11.3 Å². The number of hydrogen-bond acceptors (Lipinski definition) is 4. The maximum absolute atomic E-state index is 7.53. The van der Waals surface area contributed by atoms with Crippen LogP contribution in [0.5, 0.6) is 0 Å². The lowest BCUT2D eigenvalue weighted by atomic mass is 10.1. The second kappa shape index (κ2) is 5.93. The topological polar surface area (TPSA) is 75.2 Å². The molecule has 1 saturated heterocycles. The molecular weight excluding hydrogens is 228 g/mol. The molecule has 0 bridgehead atoms. The summed E-state index contributed by atoms with van der Waals surface area (Å²) in [4.78, 5) is 6.54. The molecular formula is C13H20N4O. The molecule has 2 rings (SSSR count). The molecule has 0 amide bonds. The van der Waals surface area contributed by atoms with E-state index in [4.69, 9.17) is 15.9 Å². The van der Waals surface area contributed by atoms with E-state index >= 15 is 0 Å². The first kappa shape index (κ1) is 13.0. The van der Waals surface area contributed by atoms with Gasteiger partial charge < -0.3 is 10.5 Å². The Kier molecular flexibility index (Phi) is 4.28. The van der Waals surface area contributed by atoms with Gasteiger partial charge in [0.15, 0.2) is 0 Å². The van der Waals surface area contributed by atoms with Crippen molar-refractivity contribution < 1.29 is 4.74 Å². The van der Waals surface area contributed by atoms with Gasteiger partial charge in [0.25, 0.3) is 0 Å². The number of pyridine rings is 1. The summed E-state index contributed by atoms with van der Waals surface area (Å²) >= 11 is 0. The molecule has 1 aromatic heterocycles. The fourth-order valence-corrected chi connectivity index (χ4v) is 2.48. The molecule has 0 radical (unpaired) electrons. The first-order valence-electron chi connectivity index (χ1n) is 6.20. The highest BCUT2D eigenvalue weighted by molar-refractivity contribution is 5.94. The molecule has 1 unspecified atom stereocenters. The average molecular weight is 248 g/mol. The van der Waals surface area contributed by atoms with E-state index in [0.717, 1.165) is 31.8 Å². The summed E-state index contributed by atoms with van der Waals surface area (Å²) in [5.41, 5.74) is 7.18. The van der Waals surface area contributed by atoms with Gasteiger partial charge in [0.2, 0.25) is 0 Å². The van der Waals surface area contributed by atoms with Gasteiger partial charge in [-0.1, -0.05) is 6.07 Å². The zero-order chi connectivity index (χ0) is 13.0. The van der Waals surface area contributed by atoms with Gasteiger partial charge in [-0.3, -0.25) is 15.3 Å². The number of hydrogen-bond donors (Lipinski definition) is 2. The Morgan fingerprint density at radius 2 is 2.50 bits per heavy atom. The van der Waals surface area contributed by atoms with Gasteiger partial charge in [0.05, 0.1) is 6.61 Å². The highest BCUT2D eigenvalue weighted by Crippen LogP contribution is 2.19.